The third-order valence-electron chi connectivity index (χ3n) is 3.85. The molecule has 1 heterocycles. The second-order valence-corrected chi connectivity index (χ2v) is 7.33. The topological polar surface area (TPSA) is 34.1 Å². The van der Waals surface area contributed by atoms with Crippen molar-refractivity contribution in [2.75, 3.05) is 6.54 Å². The number of pyridine rings is 1. The fourth-order valence-electron chi connectivity index (χ4n) is 1.94. The van der Waals surface area contributed by atoms with E-state index in [1.54, 1.807) is 0 Å². The molecule has 3 heteroatoms. The monoisotopic (exact) mass is 292 g/mol. The molecule has 0 amide bonds. The van der Waals surface area contributed by atoms with Crippen molar-refractivity contribution in [1.29, 1.82) is 0 Å². The number of nitrogens with one attached hydrogen (secondary N) is 1. The summed E-state index contributed by atoms with van der Waals surface area (Å²) in [5, 5.41) is 3.54. The maximum atomic E-state index is 6.01. The van der Waals surface area contributed by atoms with Crippen LogP contribution in [0.3, 0.4) is 0 Å². The van der Waals surface area contributed by atoms with E-state index < -0.39 is 0 Å². The quantitative estimate of drug-likeness (QED) is 0.819. The van der Waals surface area contributed by atoms with Crippen LogP contribution in [-0.2, 0) is 5.41 Å². The van der Waals surface area contributed by atoms with Gasteiger partial charge in [-0.15, -0.1) is 0 Å². The second-order valence-electron chi connectivity index (χ2n) is 7.33. The van der Waals surface area contributed by atoms with E-state index in [0.29, 0.717) is 12.0 Å². The Morgan fingerprint density at radius 3 is 2.43 bits per heavy atom. The molecule has 0 aliphatic carbocycles. The number of aromatic nitrogens is 1. The van der Waals surface area contributed by atoms with Gasteiger partial charge in [-0.1, -0.05) is 34.6 Å². The van der Waals surface area contributed by atoms with E-state index >= 15 is 0 Å². The molecule has 0 aromatic carbocycles. The van der Waals surface area contributed by atoms with Gasteiger partial charge in [0.15, 0.2) is 0 Å². The molecular formula is C18H32N2O. The lowest BCUT2D eigenvalue weighted by atomic mass is 9.91. The van der Waals surface area contributed by atoms with Gasteiger partial charge >= 0.3 is 0 Å². The van der Waals surface area contributed by atoms with E-state index in [0.717, 1.165) is 24.4 Å². The minimum absolute atomic E-state index is 0.0524. The Bertz CT molecular complexity index is 423. The van der Waals surface area contributed by atoms with Crippen LogP contribution in [0.4, 0.5) is 0 Å². The molecule has 2 atom stereocenters. The summed E-state index contributed by atoms with van der Waals surface area (Å²) in [6, 6.07) is 4.54. The minimum atomic E-state index is 0.0524. The Balaban J connectivity index is 2.46. The molecule has 0 saturated carbocycles. The summed E-state index contributed by atoms with van der Waals surface area (Å²) < 4.78 is 6.01. The molecule has 1 unspecified atom stereocenters. The van der Waals surface area contributed by atoms with Crippen molar-refractivity contribution in [3.8, 4) is 5.75 Å². The smallest absolute Gasteiger partial charge is 0.123 e. The van der Waals surface area contributed by atoms with Crippen molar-refractivity contribution in [3.63, 3.8) is 0 Å². The fourth-order valence-corrected chi connectivity index (χ4v) is 1.94. The highest BCUT2D eigenvalue weighted by Crippen LogP contribution is 2.24. The van der Waals surface area contributed by atoms with Crippen LogP contribution < -0.4 is 10.1 Å². The van der Waals surface area contributed by atoms with Crippen LogP contribution in [0, 0.1) is 5.92 Å². The number of rotatable bonds is 7. The molecule has 1 N–H and O–H groups in total. The molecule has 0 spiro atoms. The summed E-state index contributed by atoms with van der Waals surface area (Å²) in [4.78, 5) is 4.43. The molecule has 1 aromatic rings. The maximum Gasteiger partial charge on any atom is 0.123 e. The van der Waals surface area contributed by atoms with E-state index in [-0.39, 0.29) is 11.5 Å². The van der Waals surface area contributed by atoms with Crippen molar-refractivity contribution >= 4 is 0 Å². The summed E-state index contributed by atoms with van der Waals surface area (Å²) in [7, 11) is 0. The molecule has 3 nitrogen and oxygen atoms in total. The Hall–Kier alpha value is -1.09. The van der Waals surface area contributed by atoms with Gasteiger partial charge in [0, 0.05) is 29.4 Å². The van der Waals surface area contributed by atoms with Crippen LogP contribution in [0.15, 0.2) is 18.3 Å². The number of nitrogens with zero attached hydrogens (tertiary/aromatic N) is 1. The van der Waals surface area contributed by atoms with Gasteiger partial charge < -0.3 is 10.1 Å². The normalized spacial score (nSPS) is 15.0. The third-order valence-corrected chi connectivity index (χ3v) is 3.85. The summed E-state index contributed by atoms with van der Waals surface area (Å²) in [6.07, 6.45) is 3.04. The average molecular weight is 292 g/mol. The highest BCUT2D eigenvalue weighted by Gasteiger charge is 2.16. The Labute approximate surface area is 130 Å². The first kappa shape index (κ1) is 18.0. The molecule has 1 aromatic heterocycles. The zero-order valence-electron chi connectivity index (χ0n) is 14.7. The van der Waals surface area contributed by atoms with Gasteiger partial charge in [-0.3, -0.25) is 4.98 Å². The van der Waals surface area contributed by atoms with Gasteiger partial charge in [-0.25, -0.2) is 0 Å². The predicted octanol–water partition coefficient (Wildman–Crippen LogP) is 4.17. The van der Waals surface area contributed by atoms with E-state index in [4.69, 9.17) is 4.74 Å². The van der Waals surface area contributed by atoms with Crippen molar-refractivity contribution in [3.05, 3.63) is 24.0 Å². The van der Waals surface area contributed by atoms with Gasteiger partial charge in [0.05, 0.1) is 6.10 Å². The molecule has 0 bridgehead atoms. The van der Waals surface area contributed by atoms with E-state index in [1.165, 1.54) is 0 Å². The Kier molecular flexibility index (Phi) is 6.66. The van der Waals surface area contributed by atoms with Crippen LogP contribution in [-0.4, -0.2) is 23.7 Å². The highest BCUT2D eigenvalue weighted by molar-refractivity contribution is 5.26. The lowest BCUT2D eigenvalue weighted by molar-refractivity contribution is 0.206. The second kappa shape index (κ2) is 7.79. The number of hydrogen-bond acceptors (Lipinski definition) is 3. The highest BCUT2D eigenvalue weighted by atomic mass is 16.5. The summed E-state index contributed by atoms with van der Waals surface area (Å²) in [5.74, 6) is 1.58. The van der Waals surface area contributed by atoms with Gasteiger partial charge in [-0.05, 0) is 38.8 Å². The molecule has 120 valence electrons. The standard InChI is InChI=1S/C18H32N2O/c1-13(2)15(4)19-10-8-14(3)21-16-9-11-20-17(12-16)18(5,6)7/h9,11-15,19H,8,10H2,1-7H3/t14?,15-/m0/s1. The van der Waals surface area contributed by atoms with E-state index in [2.05, 4.69) is 64.8 Å². The summed E-state index contributed by atoms with van der Waals surface area (Å²) in [6.45, 7) is 16.3. The number of ether oxygens (including phenoxy) is 1. The maximum absolute atomic E-state index is 6.01. The van der Waals surface area contributed by atoms with Crippen LogP contribution in [0.25, 0.3) is 0 Å². The Morgan fingerprint density at radius 1 is 1.19 bits per heavy atom. The van der Waals surface area contributed by atoms with Crippen molar-refractivity contribution in [2.24, 2.45) is 5.92 Å². The first-order valence-corrected chi connectivity index (χ1v) is 8.06. The van der Waals surface area contributed by atoms with Crippen LogP contribution in [0.1, 0.15) is 60.6 Å². The van der Waals surface area contributed by atoms with Crippen LogP contribution >= 0.6 is 0 Å². The summed E-state index contributed by atoms with van der Waals surface area (Å²) in [5.41, 5.74) is 1.12. The van der Waals surface area contributed by atoms with E-state index in [9.17, 15) is 0 Å². The van der Waals surface area contributed by atoms with Gasteiger partial charge in [0.2, 0.25) is 0 Å². The lowest BCUT2D eigenvalue weighted by Crippen LogP contribution is -2.33. The van der Waals surface area contributed by atoms with Gasteiger partial charge in [-0.2, -0.15) is 0 Å². The zero-order chi connectivity index (χ0) is 16.0. The molecular weight excluding hydrogens is 260 g/mol. The first-order chi connectivity index (χ1) is 9.70. The zero-order valence-corrected chi connectivity index (χ0v) is 14.7. The molecule has 21 heavy (non-hydrogen) atoms. The van der Waals surface area contributed by atoms with Crippen molar-refractivity contribution in [2.45, 2.75) is 72.4 Å². The van der Waals surface area contributed by atoms with Gasteiger partial charge in [0.25, 0.3) is 0 Å². The molecule has 0 fully saturated rings. The number of hydrogen-bond donors (Lipinski definition) is 1. The van der Waals surface area contributed by atoms with Crippen molar-refractivity contribution < 1.29 is 4.74 Å². The van der Waals surface area contributed by atoms with E-state index in [1.807, 2.05) is 12.3 Å². The van der Waals surface area contributed by atoms with Crippen molar-refractivity contribution in [1.82, 2.24) is 10.3 Å². The third kappa shape index (κ3) is 6.47. The lowest BCUT2D eigenvalue weighted by Gasteiger charge is -2.21. The minimum Gasteiger partial charge on any atom is -0.491 e. The van der Waals surface area contributed by atoms with Crippen LogP contribution in [0.5, 0.6) is 5.75 Å². The van der Waals surface area contributed by atoms with Crippen LogP contribution in [0.2, 0.25) is 0 Å². The molecule has 0 radical (unpaired) electrons. The average Bonchev–Trinajstić information content (AvgIpc) is 2.37. The SMILES string of the molecule is CC(CCN[C@@H](C)C(C)C)Oc1ccnc(C(C)(C)C)c1. The first-order valence-electron chi connectivity index (χ1n) is 8.06. The summed E-state index contributed by atoms with van der Waals surface area (Å²) >= 11 is 0. The fraction of sp³-hybridized carbons (Fsp3) is 0.722. The molecule has 0 aliphatic rings. The predicted molar refractivity (Wildman–Crippen MR) is 89.9 cm³/mol. The molecule has 1 rings (SSSR count). The largest absolute Gasteiger partial charge is 0.491 e. The van der Waals surface area contributed by atoms with Gasteiger partial charge in [0.1, 0.15) is 5.75 Å². The molecule has 0 aliphatic heterocycles. The Morgan fingerprint density at radius 2 is 1.86 bits per heavy atom. The molecule has 0 saturated heterocycles.